The van der Waals surface area contributed by atoms with Gasteiger partial charge in [0.2, 0.25) is 5.95 Å². The number of nitrogens with one attached hydrogen (secondary N) is 4. The lowest BCUT2D eigenvalue weighted by atomic mass is 9.90. The first-order valence-electron chi connectivity index (χ1n) is 17.3. The third-order valence-corrected chi connectivity index (χ3v) is 8.99. The molecule has 12 nitrogen and oxygen atoms in total. The van der Waals surface area contributed by atoms with Gasteiger partial charge in [0, 0.05) is 54.1 Å². The van der Waals surface area contributed by atoms with Gasteiger partial charge in [-0.25, -0.2) is 4.79 Å². The van der Waals surface area contributed by atoms with Gasteiger partial charge in [0.25, 0.3) is 0 Å². The molecule has 3 heterocycles. The van der Waals surface area contributed by atoms with Gasteiger partial charge >= 0.3 is 6.03 Å². The molecule has 2 fully saturated rings. The molecule has 0 radical (unpaired) electrons. The molecule has 4 N–H and O–H groups in total. The quantitative estimate of drug-likeness (QED) is 0.173. The predicted molar refractivity (Wildman–Crippen MR) is 191 cm³/mol. The summed E-state index contributed by atoms with van der Waals surface area (Å²) in [7, 11) is 4.01. The number of nitrogens with zero attached hydrogens (tertiary/aromatic N) is 5. The number of fused-ring (bicyclic) bond motifs is 1. The summed E-state index contributed by atoms with van der Waals surface area (Å²) in [5.41, 5.74) is 1.58. The van der Waals surface area contributed by atoms with Crippen molar-refractivity contribution in [3.8, 4) is 11.5 Å². The molecular formula is C36H53N9O3. The summed E-state index contributed by atoms with van der Waals surface area (Å²) in [5.74, 6) is 2.84. The molecule has 2 aliphatic rings. The standard InChI is InChI=1S/C36H53N9O3/c1-25-10-7-8-19-44(25)35-42-41-33-18-17-30(24-45(33)35)48-28-15-13-26(14-16-28)39-34(46)40-32(23-31(37)36(2,3)4)38-27-11-9-12-29(22-27)47-21-20-43(5)6/h9,11-12,17-18,22-26,28,37-38H,7-8,10,13-16,19-21H2,1-6H3,(H2,39,40,46)/b32-23+,37-31?/t25-,26-,28-/m0/s1. The van der Waals surface area contributed by atoms with Crippen molar-refractivity contribution in [1.29, 1.82) is 5.41 Å². The number of carbonyl (C=O) groups excluding carboxylic acids is 1. The highest BCUT2D eigenvalue weighted by Crippen LogP contribution is 2.28. The maximum atomic E-state index is 13.2. The van der Waals surface area contributed by atoms with Crippen molar-refractivity contribution in [3.05, 3.63) is 54.5 Å². The van der Waals surface area contributed by atoms with E-state index in [1.165, 1.54) is 12.8 Å². The number of amides is 2. The van der Waals surface area contributed by atoms with E-state index in [0.29, 0.717) is 24.2 Å². The summed E-state index contributed by atoms with van der Waals surface area (Å²) in [5, 5.41) is 26.8. The molecule has 1 aliphatic heterocycles. The molecular weight excluding hydrogens is 606 g/mol. The lowest BCUT2D eigenvalue weighted by Crippen LogP contribution is -2.45. The number of allylic oxidation sites excluding steroid dienone is 1. The predicted octanol–water partition coefficient (Wildman–Crippen LogP) is 6.06. The number of anilines is 2. The third-order valence-electron chi connectivity index (χ3n) is 8.99. The van der Waals surface area contributed by atoms with E-state index < -0.39 is 0 Å². The van der Waals surface area contributed by atoms with Gasteiger partial charge in [-0.05, 0) is 90.2 Å². The number of likely N-dealkylation sites (N-methyl/N-ethyl adjacent to an activating group) is 1. The van der Waals surface area contributed by atoms with Crippen molar-refractivity contribution in [1.82, 2.24) is 30.1 Å². The van der Waals surface area contributed by atoms with Gasteiger partial charge in [-0.3, -0.25) is 9.72 Å². The van der Waals surface area contributed by atoms with Crippen molar-refractivity contribution in [2.45, 2.75) is 90.8 Å². The first kappa shape index (κ1) is 35.0. The number of benzene rings is 1. The van der Waals surface area contributed by atoms with E-state index in [1.54, 1.807) is 6.08 Å². The maximum absolute atomic E-state index is 13.2. The van der Waals surface area contributed by atoms with E-state index in [4.69, 9.17) is 14.9 Å². The fourth-order valence-electron chi connectivity index (χ4n) is 6.01. The number of carbonyl (C=O) groups is 1. The van der Waals surface area contributed by atoms with Crippen LogP contribution < -0.4 is 30.3 Å². The number of hydrogen-bond acceptors (Lipinski definition) is 9. The second-order valence-electron chi connectivity index (χ2n) is 14.3. The zero-order chi connectivity index (χ0) is 34.3. The van der Waals surface area contributed by atoms with Crippen molar-refractivity contribution in [2.75, 3.05) is 44.0 Å². The minimum absolute atomic E-state index is 0.0223. The van der Waals surface area contributed by atoms with Crippen LogP contribution in [-0.2, 0) is 0 Å². The molecule has 1 saturated carbocycles. The van der Waals surface area contributed by atoms with Crippen LogP contribution in [0.5, 0.6) is 11.5 Å². The Bertz CT molecular complexity index is 1570. The molecule has 1 aliphatic carbocycles. The number of urea groups is 1. The molecule has 0 spiro atoms. The summed E-state index contributed by atoms with van der Waals surface area (Å²) in [6.45, 7) is 10.5. The van der Waals surface area contributed by atoms with Crippen LogP contribution in [0.2, 0.25) is 0 Å². The van der Waals surface area contributed by atoms with Gasteiger partial charge in [-0.1, -0.05) is 26.8 Å². The smallest absolute Gasteiger partial charge is 0.320 e. The SMILES string of the molecule is C[C@H]1CCCCN1c1nnc2ccc(O[C@H]3CC[C@H](NC(=O)N/C(=C/C(=N)C(C)(C)C)Nc4cccc(OCCN(C)C)c4)CC3)cn12. The van der Waals surface area contributed by atoms with Crippen molar-refractivity contribution < 1.29 is 14.3 Å². The highest BCUT2D eigenvalue weighted by molar-refractivity contribution is 5.97. The molecule has 260 valence electrons. The van der Waals surface area contributed by atoms with Gasteiger partial charge in [0.1, 0.15) is 23.9 Å². The number of hydrogen-bond donors (Lipinski definition) is 4. The Balaban J connectivity index is 1.15. The second kappa shape index (κ2) is 15.7. The van der Waals surface area contributed by atoms with Crippen LogP contribution in [0, 0.1) is 10.8 Å². The Morgan fingerprint density at radius 1 is 1.06 bits per heavy atom. The first-order valence-corrected chi connectivity index (χ1v) is 17.3. The highest BCUT2D eigenvalue weighted by Gasteiger charge is 2.26. The zero-order valence-corrected chi connectivity index (χ0v) is 29.4. The number of rotatable bonds is 12. The Morgan fingerprint density at radius 3 is 2.58 bits per heavy atom. The fraction of sp³-hybridized carbons (Fsp3) is 0.556. The molecule has 12 heteroatoms. The van der Waals surface area contributed by atoms with E-state index in [1.807, 2.05) is 81.9 Å². The lowest BCUT2D eigenvalue weighted by Gasteiger charge is -2.33. The van der Waals surface area contributed by atoms with Crippen LogP contribution in [0.3, 0.4) is 0 Å². The van der Waals surface area contributed by atoms with Crippen molar-refractivity contribution in [2.24, 2.45) is 5.41 Å². The molecule has 0 unspecified atom stereocenters. The maximum Gasteiger partial charge on any atom is 0.320 e. The Labute approximate surface area is 284 Å². The molecule has 1 atom stereocenters. The van der Waals surface area contributed by atoms with E-state index in [2.05, 4.69) is 42.9 Å². The topological polar surface area (TPSA) is 132 Å². The van der Waals surface area contributed by atoms with Gasteiger partial charge < -0.3 is 35.3 Å². The molecule has 1 saturated heterocycles. The van der Waals surface area contributed by atoms with Crippen LogP contribution in [0.4, 0.5) is 16.4 Å². The van der Waals surface area contributed by atoms with Gasteiger partial charge in [-0.15, -0.1) is 10.2 Å². The number of ether oxygens (including phenoxy) is 2. The zero-order valence-electron chi connectivity index (χ0n) is 29.4. The lowest BCUT2D eigenvalue weighted by molar-refractivity contribution is 0.140. The Kier molecular flexibility index (Phi) is 11.5. The third kappa shape index (κ3) is 9.62. The molecule has 3 aromatic rings. The molecule has 2 aromatic heterocycles. The Hall–Kier alpha value is -4.32. The molecule has 48 heavy (non-hydrogen) atoms. The second-order valence-corrected chi connectivity index (χ2v) is 14.3. The minimum Gasteiger partial charge on any atom is -0.492 e. The minimum atomic E-state index is -0.382. The van der Waals surface area contributed by atoms with E-state index in [0.717, 1.165) is 74.0 Å². The largest absolute Gasteiger partial charge is 0.492 e. The number of aromatic nitrogens is 3. The summed E-state index contributed by atoms with van der Waals surface area (Å²) in [6.07, 6.45) is 10.6. The summed E-state index contributed by atoms with van der Waals surface area (Å²) in [4.78, 5) is 17.6. The highest BCUT2D eigenvalue weighted by atomic mass is 16.5. The van der Waals surface area contributed by atoms with E-state index in [-0.39, 0.29) is 23.6 Å². The molecule has 5 rings (SSSR count). The van der Waals surface area contributed by atoms with Crippen molar-refractivity contribution >= 4 is 29.0 Å². The van der Waals surface area contributed by atoms with Crippen LogP contribution in [-0.4, -0.2) is 83.2 Å². The fourth-order valence-corrected chi connectivity index (χ4v) is 6.01. The average molecular weight is 660 g/mol. The normalized spacial score (nSPS) is 20.4. The van der Waals surface area contributed by atoms with Gasteiger partial charge in [0.15, 0.2) is 5.65 Å². The monoisotopic (exact) mass is 659 g/mol. The van der Waals surface area contributed by atoms with Crippen LogP contribution >= 0.6 is 0 Å². The molecule has 1 aromatic carbocycles. The van der Waals surface area contributed by atoms with Gasteiger partial charge in [-0.2, -0.15) is 0 Å². The number of pyridine rings is 1. The summed E-state index contributed by atoms with van der Waals surface area (Å²) >= 11 is 0. The van der Waals surface area contributed by atoms with E-state index in [9.17, 15) is 4.79 Å². The van der Waals surface area contributed by atoms with Crippen LogP contribution in [0.25, 0.3) is 5.65 Å². The molecule has 0 bridgehead atoms. The Morgan fingerprint density at radius 2 is 1.85 bits per heavy atom. The van der Waals surface area contributed by atoms with Gasteiger partial charge in [0.05, 0.1) is 12.3 Å². The van der Waals surface area contributed by atoms with Crippen LogP contribution in [0.15, 0.2) is 54.5 Å². The first-order chi connectivity index (χ1) is 22.9. The summed E-state index contributed by atoms with van der Waals surface area (Å²) in [6, 6.07) is 11.7. The summed E-state index contributed by atoms with van der Waals surface area (Å²) < 4.78 is 14.4. The van der Waals surface area contributed by atoms with Crippen LogP contribution in [0.1, 0.15) is 72.6 Å². The van der Waals surface area contributed by atoms with E-state index >= 15 is 0 Å². The average Bonchev–Trinajstić information content (AvgIpc) is 3.45. The van der Waals surface area contributed by atoms with Crippen molar-refractivity contribution in [3.63, 3.8) is 0 Å². The molecule has 2 amide bonds. The number of piperidine rings is 1.